The number of nitrogens with two attached hydrogens (primary N) is 1. The van der Waals surface area contributed by atoms with Gasteiger partial charge in [0.1, 0.15) is 5.82 Å². The molecule has 0 atom stereocenters. The van der Waals surface area contributed by atoms with Gasteiger partial charge in [0, 0.05) is 0 Å². The third-order valence-corrected chi connectivity index (χ3v) is 2.04. The summed E-state index contributed by atoms with van der Waals surface area (Å²) in [6.45, 7) is 0. The van der Waals surface area contributed by atoms with Crippen molar-refractivity contribution < 1.29 is 4.42 Å². The fourth-order valence-electron chi connectivity index (χ4n) is 1.35. The number of anilines is 1. The number of H-pyrrole nitrogens is 1. The number of nitrogens with zero attached hydrogens (tertiary/aromatic N) is 3. The van der Waals surface area contributed by atoms with Crippen molar-refractivity contribution in [3.63, 3.8) is 0 Å². The zero-order valence-electron chi connectivity index (χ0n) is 7.64. The lowest BCUT2D eigenvalue weighted by Gasteiger charge is -1.96. The summed E-state index contributed by atoms with van der Waals surface area (Å²) in [5.74, 6) is 2.06. The molecule has 0 unspecified atom stereocenters. The summed E-state index contributed by atoms with van der Waals surface area (Å²) in [5.41, 5.74) is 6.25. The average molecular weight is 201 g/mol. The first-order chi connectivity index (χ1) is 7.34. The quantitative estimate of drug-likeness (QED) is 0.615. The Morgan fingerprint density at radius 2 is 2.20 bits per heavy atom. The van der Waals surface area contributed by atoms with E-state index in [4.69, 9.17) is 10.2 Å². The van der Waals surface area contributed by atoms with Crippen LogP contribution in [0.2, 0.25) is 0 Å². The van der Waals surface area contributed by atoms with Crippen molar-refractivity contribution in [1.29, 1.82) is 0 Å². The summed E-state index contributed by atoms with van der Waals surface area (Å²) < 4.78 is 5.19. The minimum Gasteiger partial charge on any atom is -0.461 e. The largest absolute Gasteiger partial charge is 0.461 e. The van der Waals surface area contributed by atoms with Crippen LogP contribution in [0.4, 0.5) is 5.82 Å². The van der Waals surface area contributed by atoms with E-state index in [1.54, 1.807) is 18.4 Å². The van der Waals surface area contributed by atoms with Crippen LogP contribution in [0.15, 0.2) is 29.1 Å². The Bertz CT molecular complexity index is 556. The number of nitrogens with one attached hydrogen (secondary N) is 1. The van der Waals surface area contributed by atoms with E-state index in [1.807, 2.05) is 0 Å². The van der Waals surface area contributed by atoms with Gasteiger partial charge in [0.2, 0.25) is 0 Å². The highest BCUT2D eigenvalue weighted by Gasteiger charge is 2.17. The van der Waals surface area contributed by atoms with Gasteiger partial charge in [0.15, 0.2) is 23.1 Å². The van der Waals surface area contributed by atoms with E-state index in [0.29, 0.717) is 28.9 Å². The highest BCUT2D eigenvalue weighted by Crippen LogP contribution is 2.25. The summed E-state index contributed by atoms with van der Waals surface area (Å²) in [6.07, 6.45) is 3.05. The van der Waals surface area contributed by atoms with Gasteiger partial charge in [-0.3, -0.25) is 0 Å². The zero-order chi connectivity index (χ0) is 10.3. The molecule has 3 rings (SSSR count). The van der Waals surface area contributed by atoms with Crippen molar-refractivity contribution in [3.05, 3.63) is 24.7 Å². The van der Waals surface area contributed by atoms with Gasteiger partial charge in [-0.05, 0) is 12.1 Å². The fraction of sp³-hybridized carbons (Fsp3) is 0. The normalized spacial score (nSPS) is 10.9. The lowest BCUT2D eigenvalue weighted by molar-refractivity contribution is 0.578. The molecule has 2 aliphatic heterocycles. The van der Waals surface area contributed by atoms with E-state index < -0.39 is 0 Å². The van der Waals surface area contributed by atoms with Crippen LogP contribution in [0, 0.1) is 0 Å². The smallest absolute Gasteiger partial charge is 0.198 e. The lowest BCUT2D eigenvalue weighted by Crippen LogP contribution is -1.96. The third-order valence-electron chi connectivity index (χ3n) is 2.04. The van der Waals surface area contributed by atoms with Gasteiger partial charge in [0.25, 0.3) is 0 Å². The van der Waals surface area contributed by atoms with Crippen LogP contribution < -0.4 is 5.73 Å². The molecule has 1 aromatic rings. The Labute approximate surface area is 84.5 Å². The molecule has 0 saturated heterocycles. The highest BCUT2D eigenvalue weighted by atomic mass is 16.3. The molecule has 0 amide bonds. The van der Waals surface area contributed by atoms with Gasteiger partial charge in [-0.2, -0.15) is 0 Å². The second-order valence-electron chi connectivity index (χ2n) is 3.01. The Morgan fingerprint density at radius 1 is 1.27 bits per heavy atom. The van der Waals surface area contributed by atoms with E-state index in [1.165, 1.54) is 6.33 Å². The SMILES string of the molecule is Nc1[nH]cnc2nc(-c3ccco3)nc1-2. The third kappa shape index (κ3) is 1.15. The molecule has 0 spiro atoms. The van der Waals surface area contributed by atoms with Crippen LogP contribution in [-0.2, 0) is 0 Å². The van der Waals surface area contributed by atoms with Crippen molar-refractivity contribution in [2.75, 3.05) is 5.73 Å². The van der Waals surface area contributed by atoms with Gasteiger partial charge >= 0.3 is 0 Å². The van der Waals surface area contributed by atoms with Crippen molar-refractivity contribution in [1.82, 2.24) is 19.9 Å². The number of imidazole rings is 1. The van der Waals surface area contributed by atoms with Crippen LogP contribution in [0.5, 0.6) is 0 Å². The molecule has 0 bridgehead atoms. The van der Waals surface area contributed by atoms with E-state index in [-0.39, 0.29) is 0 Å². The summed E-state index contributed by atoms with van der Waals surface area (Å²) in [6, 6.07) is 3.56. The van der Waals surface area contributed by atoms with E-state index >= 15 is 0 Å². The summed E-state index contributed by atoms with van der Waals surface area (Å²) >= 11 is 0. The Hall–Kier alpha value is -2.37. The monoisotopic (exact) mass is 201 g/mol. The number of furan rings is 1. The maximum atomic E-state index is 5.69. The minimum atomic E-state index is 0.449. The molecular weight excluding hydrogens is 194 g/mol. The second-order valence-corrected chi connectivity index (χ2v) is 3.01. The molecule has 0 aliphatic carbocycles. The first-order valence-electron chi connectivity index (χ1n) is 4.35. The Balaban J connectivity index is 2.24. The fourth-order valence-corrected chi connectivity index (χ4v) is 1.35. The number of hydrogen-bond acceptors (Lipinski definition) is 5. The number of aromatic amines is 1. The van der Waals surface area contributed by atoms with Crippen LogP contribution in [0.25, 0.3) is 23.1 Å². The number of nitrogen functional groups attached to an aromatic ring is 1. The van der Waals surface area contributed by atoms with Crippen LogP contribution in [0.3, 0.4) is 0 Å². The number of fused-ring (bicyclic) bond motifs is 1. The molecule has 6 heteroatoms. The van der Waals surface area contributed by atoms with Crippen molar-refractivity contribution in [3.8, 4) is 23.1 Å². The predicted molar refractivity (Wildman–Crippen MR) is 52.9 cm³/mol. The lowest BCUT2D eigenvalue weighted by atomic mass is 10.4. The van der Waals surface area contributed by atoms with Crippen molar-refractivity contribution in [2.45, 2.75) is 0 Å². The first kappa shape index (κ1) is 7.98. The van der Waals surface area contributed by atoms with Crippen LogP contribution in [-0.4, -0.2) is 19.9 Å². The molecule has 6 nitrogen and oxygen atoms in total. The minimum absolute atomic E-state index is 0.449. The Kier molecular flexibility index (Phi) is 1.49. The summed E-state index contributed by atoms with van der Waals surface area (Å²) in [5, 5.41) is 0. The molecular formula is C9H7N5O. The van der Waals surface area contributed by atoms with E-state index in [2.05, 4.69) is 19.9 Å². The zero-order valence-corrected chi connectivity index (χ0v) is 7.64. The molecule has 74 valence electrons. The van der Waals surface area contributed by atoms with Gasteiger partial charge in [-0.15, -0.1) is 0 Å². The number of hydrogen-bond donors (Lipinski definition) is 2. The molecule has 0 fully saturated rings. The number of rotatable bonds is 1. The average Bonchev–Trinajstić information content (AvgIpc) is 2.86. The van der Waals surface area contributed by atoms with Crippen molar-refractivity contribution >= 4 is 5.82 Å². The maximum absolute atomic E-state index is 5.69. The predicted octanol–water partition coefficient (Wildman–Crippen LogP) is 1.15. The van der Waals surface area contributed by atoms with Gasteiger partial charge in [-0.1, -0.05) is 0 Å². The second kappa shape index (κ2) is 2.81. The van der Waals surface area contributed by atoms with Gasteiger partial charge < -0.3 is 15.1 Å². The van der Waals surface area contributed by atoms with Gasteiger partial charge in [-0.25, -0.2) is 15.0 Å². The van der Waals surface area contributed by atoms with Crippen molar-refractivity contribution in [2.24, 2.45) is 0 Å². The van der Waals surface area contributed by atoms with Gasteiger partial charge in [0.05, 0.1) is 12.6 Å². The molecule has 3 N–H and O–H groups in total. The standard InChI is InChI=1S/C9H7N5O/c10-7-6-9(12-4-11-7)14-8(13-6)5-2-1-3-15-5/h1-4H,(H3,10,11,12,13,14). The maximum Gasteiger partial charge on any atom is 0.198 e. The Morgan fingerprint density at radius 3 is 2.93 bits per heavy atom. The molecule has 1 aromatic heterocycles. The first-order valence-corrected chi connectivity index (χ1v) is 4.35. The molecule has 0 radical (unpaired) electrons. The topological polar surface area (TPSA) is 93.6 Å². The summed E-state index contributed by atoms with van der Waals surface area (Å²) in [7, 11) is 0. The molecule has 0 saturated carbocycles. The molecule has 0 aromatic carbocycles. The van der Waals surface area contributed by atoms with Crippen LogP contribution >= 0.6 is 0 Å². The van der Waals surface area contributed by atoms with Crippen LogP contribution in [0.1, 0.15) is 0 Å². The highest BCUT2D eigenvalue weighted by molar-refractivity contribution is 5.68. The summed E-state index contributed by atoms with van der Waals surface area (Å²) in [4.78, 5) is 15.2. The van der Waals surface area contributed by atoms with E-state index in [9.17, 15) is 0 Å². The molecule has 2 aliphatic rings. The van der Waals surface area contributed by atoms with E-state index in [0.717, 1.165) is 0 Å². The molecule has 15 heavy (non-hydrogen) atoms. The molecule has 3 heterocycles. The number of aromatic nitrogens is 4.